The van der Waals surface area contributed by atoms with Crippen LogP contribution >= 0.6 is 15.2 Å². The largest absolute Gasteiger partial charge is 0.507 e. The van der Waals surface area contributed by atoms with Gasteiger partial charge in [-0.15, -0.1) is 0 Å². The summed E-state index contributed by atoms with van der Waals surface area (Å²) in [6.07, 6.45) is 1.41. The highest BCUT2D eigenvalue weighted by Crippen LogP contribution is 2.52. The molecule has 1 aliphatic rings. The van der Waals surface area contributed by atoms with Gasteiger partial charge in [0.05, 0.1) is 13.2 Å². The minimum atomic E-state index is -4.99. The van der Waals surface area contributed by atoms with E-state index in [4.69, 9.17) is 9.47 Å². The Morgan fingerprint density at radius 2 is 0.840 bits per heavy atom. The third kappa shape index (κ3) is 8.26. The van der Waals surface area contributed by atoms with E-state index in [1.165, 1.54) is 24.3 Å². The van der Waals surface area contributed by atoms with Gasteiger partial charge in [-0.3, -0.25) is 9.13 Å². The number of rotatable bonds is 10. The summed E-state index contributed by atoms with van der Waals surface area (Å²) in [6.45, 7) is 4.46. The van der Waals surface area contributed by atoms with Crippen LogP contribution in [0.2, 0.25) is 0 Å². The molecule has 268 valence electrons. The molecule has 0 heterocycles. The van der Waals surface area contributed by atoms with Gasteiger partial charge in [0.2, 0.25) is 0 Å². The zero-order valence-electron chi connectivity index (χ0n) is 27.7. The standard InChI is InChI=1S/C36H42O12P2/c1-3-11-47-33-21-7-5-8-22(33)14-26-18-30(36(40)50(44,45)46)20-28(32(26)38)16-24-10-6-9-23(34(24)48-12-4-2)15-27-19-29(35(39)49(41,42)43)17-25(13-21)31(27)37/h5-10,17-20,35-40H,3-4,11-16H2,1-2H3,(H2,41,42,43)(H2,44,45,46). The minimum Gasteiger partial charge on any atom is -0.507 e. The van der Waals surface area contributed by atoms with Gasteiger partial charge >= 0.3 is 15.2 Å². The molecule has 0 saturated carbocycles. The normalized spacial score (nSPS) is 14.6. The van der Waals surface area contributed by atoms with E-state index >= 15 is 0 Å². The van der Waals surface area contributed by atoms with Crippen LogP contribution in [-0.4, -0.2) is 53.2 Å². The molecule has 0 fully saturated rings. The first-order chi connectivity index (χ1) is 23.6. The van der Waals surface area contributed by atoms with Crippen LogP contribution in [0.25, 0.3) is 0 Å². The Labute approximate surface area is 289 Å². The van der Waals surface area contributed by atoms with Gasteiger partial charge in [0.15, 0.2) is 11.7 Å². The van der Waals surface area contributed by atoms with Crippen molar-refractivity contribution in [2.45, 2.75) is 64.1 Å². The maximum absolute atomic E-state index is 12.2. The molecule has 12 nitrogen and oxygen atoms in total. The van der Waals surface area contributed by atoms with Crippen molar-refractivity contribution in [1.82, 2.24) is 0 Å². The number of phenolic OH excluding ortho intramolecular Hbond substituents is 2. The van der Waals surface area contributed by atoms with Crippen LogP contribution in [0, 0.1) is 0 Å². The summed E-state index contributed by atoms with van der Waals surface area (Å²) in [4.78, 5) is 39.5. The predicted molar refractivity (Wildman–Crippen MR) is 186 cm³/mol. The number of fused-ring (bicyclic) bond motifs is 8. The first-order valence-corrected chi connectivity index (χ1v) is 19.6. The van der Waals surface area contributed by atoms with E-state index in [1.54, 1.807) is 36.4 Å². The van der Waals surface area contributed by atoms with Crippen molar-refractivity contribution >= 4 is 15.2 Å². The molecule has 1 aliphatic carbocycles. The first kappa shape index (κ1) is 37.6. The van der Waals surface area contributed by atoms with Gasteiger partial charge in [-0.05, 0) is 92.7 Å². The Bertz CT molecular complexity index is 1730. The predicted octanol–water partition coefficient (Wildman–Crippen LogP) is 5.69. The van der Waals surface area contributed by atoms with Crippen molar-refractivity contribution in [3.05, 3.63) is 116 Å². The van der Waals surface area contributed by atoms with Gasteiger partial charge in [0.25, 0.3) is 0 Å². The molecule has 2 unspecified atom stereocenters. The molecule has 0 amide bonds. The Balaban J connectivity index is 1.82. The number of aromatic hydroxyl groups is 2. The summed E-state index contributed by atoms with van der Waals surface area (Å²) < 4.78 is 36.8. The zero-order valence-corrected chi connectivity index (χ0v) is 29.5. The molecule has 5 rings (SSSR count). The van der Waals surface area contributed by atoms with Gasteiger partial charge in [-0.2, -0.15) is 0 Å². The SMILES string of the molecule is CCCOc1c2cccc1Cc1cc(C(O)P(=O)(O)O)cc(c1O)Cc1cccc(c1OCCC)Cc1cc(C(O)P(=O)(O)O)cc(c1O)C2. The molecule has 8 bridgehead atoms. The molecule has 2 atom stereocenters. The fraction of sp³-hybridized carbons (Fsp3) is 0.333. The molecule has 0 radical (unpaired) electrons. The highest BCUT2D eigenvalue weighted by molar-refractivity contribution is 7.52. The van der Waals surface area contributed by atoms with Crippen molar-refractivity contribution in [3.8, 4) is 23.0 Å². The summed E-state index contributed by atoms with van der Waals surface area (Å²) in [5.41, 5.74) is 3.33. The summed E-state index contributed by atoms with van der Waals surface area (Å²) in [5.74, 6) is -3.69. The summed E-state index contributed by atoms with van der Waals surface area (Å²) in [5, 5.41) is 44.8. The topological polar surface area (TPSA) is 214 Å². The minimum absolute atomic E-state index is 0.0286. The number of para-hydroxylation sites is 2. The van der Waals surface area contributed by atoms with Crippen LogP contribution in [0.3, 0.4) is 0 Å². The zero-order chi connectivity index (χ0) is 36.4. The van der Waals surface area contributed by atoms with Crippen molar-refractivity contribution in [2.24, 2.45) is 0 Å². The molecule has 0 aliphatic heterocycles. The average Bonchev–Trinajstić information content (AvgIpc) is 3.05. The second-order valence-corrected chi connectivity index (χ2v) is 15.9. The Hall–Kier alpha value is -3.70. The fourth-order valence-electron chi connectivity index (χ4n) is 6.23. The van der Waals surface area contributed by atoms with Gasteiger partial charge < -0.3 is 49.5 Å². The highest BCUT2D eigenvalue weighted by atomic mass is 31.2. The number of phenols is 2. The summed E-state index contributed by atoms with van der Waals surface area (Å²) in [6, 6.07) is 16.0. The third-order valence-corrected chi connectivity index (χ3v) is 10.5. The number of hydrogen-bond donors (Lipinski definition) is 8. The molecular weight excluding hydrogens is 686 g/mol. The number of aliphatic hydroxyl groups is 2. The summed E-state index contributed by atoms with van der Waals surface area (Å²) >= 11 is 0. The fourth-order valence-corrected chi connectivity index (χ4v) is 7.31. The average molecular weight is 729 g/mol. The number of aliphatic hydroxyl groups excluding tert-OH is 2. The lowest BCUT2D eigenvalue weighted by atomic mass is 9.90. The molecule has 50 heavy (non-hydrogen) atoms. The quantitative estimate of drug-likeness (QED) is 0.0815. The van der Waals surface area contributed by atoms with E-state index in [9.17, 15) is 49.1 Å². The van der Waals surface area contributed by atoms with E-state index < -0.39 is 26.9 Å². The van der Waals surface area contributed by atoms with Gasteiger partial charge in [0.1, 0.15) is 23.0 Å². The van der Waals surface area contributed by atoms with Crippen LogP contribution in [0.5, 0.6) is 23.0 Å². The van der Waals surface area contributed by atoms with Gasteiger partial charge in [-0.1, -0.05) is 50.2 Å². The lowest BCUT2D eigenvalue weighted by Gasteiger charge is -2.22. The van der Waals surface area contributed by atoms with Crippen molar-refractivity contribution < 1.29 is 58.6 Å². The van der Waals surface area contributed by atoms with E-state index in [0.717, 1.165) is 0 Å². The first-order valence-electron chi connectivity index (χ1n) is 16.2. The molecule has 14 heteroatoms. The van der Waals surface area contributed by atoms with Crippen LogP contribution < -0.4 is 9.47 Å². The van der Waals surface area contributed by atoms with Crippen molar-refractivity contribution in [3.63, 3.8) is 0 Å². The highest BCUT2D eigenvalue weighted by Gasteiger charge is 2.32. The second kappa shape index (κ2) is 15.3. The summed E-state index contributed by atoms with van der Waals surface area (Å²) in [7, 11) is -9.98. The third-order valence-electron chi connectivity index (χ3n) is 8.59. The Morgan fingerprint density at radius 3 is 1.08 bits per heavy atom. The Kier molecular flexibility index (Phi) is 11.5. The molecule has 0 spiro atoms. The van der Waals surface area contributed by atoms with Gasteiger partial charge in [0, 0.05) is 25.7 Å². The van der Waals surface area contributed by atoms with Crippen molar-refractivity contribution in [1.29, 1.82) is 0 Å². The van der Waals surface area contributed by atoms with Crippen LogP contribution in [-0.2, 0) is 34.8 Å². The molecule has 4 aromatic rings. The van der Waals surface area contributed by atoms with Crippen LogP contribution in [0.15, 0.2) is 60.7 Å². The maximum atomic E-state index is 12.2. The maximum Gasteiger partial charge on any atom is 0.358 e. The monoisotopic (exact) mass is 728 g/mol. The second-order valence-electron chi connectivity index (χ2n) is 12.5. The van der Waals surface area contributed by atoms with Gasteiger partial charge in [-0.25, -0.2) is 0 Å². The van der Waals surface area contributed by atoms with Crippen LogP contribution in [0.4, 0.5) is 0 Å². The lowest BCUT2D eigenvalue weighted by molar-refractivity contribution is 0.205. The van der Waals surface area contributed by atoms with Crippen LogP contribution in [0.1, 0.15) is 94.0 Å². The molecule has 0 saturated heterocycles. The van der Waals surface area contributed by atoms with E-state index in [-0.39, 0.29) is 70.6 Å². The number of hydrogen-bond acceptors (Lipinski definition) is 8. The van der Waals surface area contributed by atoms with Crippen molar-refractivity contribution in [2.75, 3.05) is 13.2 Å². The molecular formula is C36H42O12P2. The molecule has 4 aromatic carbocycles. The van der Waals surface area contributed by atoms with E-state index in [1.807, 2.05) is 13.8 Å². The van der Waals surface area contributed by atoms with E-state index in [0.29, 0.717) is 59.8 Å². The Morgan fingerprint density at radius 1 is 0.560 bits per heavy atom. The molecule has 0 aromatic heterocycles. The number of ether oxygens (including phenoxy) is 2. The number of benzene rings is 4. The molecule has 8 N–H and O–H groups in total. The van der Waals surface area contributed by atoms with E-state index in [2.05, 4.69) is 0 Å². The lowest BCUT2D eigenvalue weighted by Crippen LogP contribution is -2.09. The smallest absolute Gasteiger partial charge is 0.358 e.